The second-order valence-electron chi connectivity index (χ2n) is 6.64. The van der Waals surface area contributed by atoms with E-state index in [2.05, 4.69) is 57.7 Å². The number of aromatic nitrogens is 2. The summed E-state index contributed by atoms with van der Waals surface area (Å²) >= 11 is 0. The molecule has 0 bridgehead atoms. The molecule has 0 fully saturated rings. The molecule has 0 saturated carbocycles. The molecule has 2 aromatic rings. The van der Waals surface area contributed by atoms with Crippen LogP contribution in [-0.2, 0) is 12.8 Å². The van der Waals surface area contributed by atoms with Crippen LogP contribution in [0, 0.1) is 6.92 Å². The van der Waals surface area contributed by atoms with Crippen molar-refractivity contribution in [2.75, 3.05) is 25.1 Å². The van der Waals surface area contributed by atoms with Gasteiger partial charge in [0.1, 0.15) is 5.69 Å². The van der Waals surface area contributed by atoms with Crippen LogP contribution in [0.2, 0.25) is 0 Å². The zero-order valence-corrected chi connectivity index (χ0v) is 17.2. The highest BCUT2D eigenvalue weighted by Gasteiger charge is 2.20. The summed E-state index contributed by atoms with van der Waals surface area (Å²) in [7, 11) is 1.71. The number of anilines is 1. The molecule has 0 aliphatic heterocycles. The number of hydrogen-bond acceptors (Lipinski definition) is 4. The molecule has 4 heteroatoms. The number of ether oxygens (including phenoxy) is 1. The summed E-state index contributed by atoms with van der Waals surface area (Å²) in [5, 5.41) is 0. The Morgan fingerprint density at radius 3 is 1.96 bits per heavy atom. The largest absolute Gasteiger partial charge is 0.479 e. The molecule has 4 nitrogen and oxygen atoms in total. The van der Waals surface area contributed by atoms with Gasteiger partial charge < -0.3 is 9.64 Å². The molecular weight excluding hydrogens is 322 g/mol. The van der Waals surface area contributed by atoms with Crippen molar-refractivity contribution >= 4 is 5.69 Å². The Morgan fingerprint density at radius 2 is 1.50 bits per heavy atom. The van der Waals surface area contributed by atoms with Gasteiger partial charge in [-0.3, -0.25) is 0 Å². The lowest BCUT2D eigenvalue weighted by atomic mass is 9.97. The number of methoxy groups -OCH3 is 1. The predicted molar refractivity (Wildman–Crippen MR) is 110 cm³/mol. The molecule has 0 atom stereocenters. The summed E-state index contributed by atoms with van der Waals surface area (Å²) in [6.07, 6.45) is 4.10. The quantitative estimate of drug-likeness (QED) is 0.619. The minimum absolute atomic E-state index is 0.683. The monoisotopic (exact) mass is 355 g/mol. The van der Waals surface area contributed by atoms with Crippen LogP contribution in [0.25, 0.3) is 11.4 Å². The van der Waals surface area contributed by atoms with Crippen molar-refractivity contribution in [2.45, 2.75) is 60.3 Å². The first kappa shape index (κ1) is 20.2. The molecule has 142 valence electrons. The molecule has 26 heavy (non-hydrogen) atoms. The van der Waals surface area contributed by atoms with Gasteiger partial charge in [0.15, 0.2) is 5.82 Å². The summed E-state index contributed by atoms with van der Waals surface area (Å²) in [6.45, 7) is 12.8. The lowest BCUT2D eigenvalue weighted by Crippen LogP contribution is -2.27. The summed E-state index contributed by atoms with van der Waals surface area (Å²) in [6, 6.07) is 6.48. The van der Waals surface area contributed by atoms with Crippen LogP contribution in [0.4, 0.5) is 5.69 Å². The van der Waals surface area contributed by atoms with E-state index in [4.69, 9.17) is 14.7 Å². The lowest BCUT2D eigenvalue weighted by molar-refractivity contribution is 0.396. The number of benzene rings is 1. The van der Waals surface area contributed by atoms with Crippen molar-refractivity contribution < 1.29 is 4.74 Å². The van der Waals surface area contributed by atoms with Gasteiger partial charge in [0, 0.05) is 18.7 Å². The molecule has 0 radical (unpaired) electrons. The Balaban J connectivity index is 2.63. The second kappa shape index (κ2) is 9.56. The van der Waals surface area contributed by atoms with E-state index < -0.39 is 0 Å². The summed E-state index contributed by atoms with van der Waals surface area (Å²) < 4.78 is 5.72. The van der Waals surface area contributed by atoms with Crippen molar-refractivity contribution in [3.63, 3.8) is 0 Å². The molecule has 0 aliphatic rings. The molecule has 1 heterocycles. The third-order valence-electron chi connectivity index (χ3n) is 4.75. The van der Waals surface area contributed by atoms with Gasteiger partial charge in [0.05, 0.1) is 12.8 Å². The average molecular weight is 356 g/mol. The van der Waals surface area contributed by atoms with Crippen molar-refractivity contribution in [1.82, 2.24) is 9.97 Å². The molecule has 1 aromatic carbocycles. The van der Waals surface area contributed by atoms with Crippen LogP contribution in [-0.4, -0.2) is 30.2 Å². The van der Waals surface area contributed by atoms with Crippen molar-refractivity contribution in [2.24, 2.45) is 0 Å². The van der Waals surface area contributed by atoms with Crippen LogP contribution in [0.15, 0.2) is 18.2 Å². The number of aryl methyl sites for hydroxylation is 3. The maximum absolute atomic E-state index is 5.72. The third-order valence-corrected chi connectivity index (χ3v) is 4.75. The highest BCUT2D eigenvalue weighted by molar-refractivity contribution is 5.69. The zero-order chi connectivity index (χ0) is 19.1. The molecule has 0 saturated heterocycles. The van der Waals surface area contributed by atoms with Gasteiger partial charge in [-0.2, -0.15) is 4.98 Å². The van der Waals surface area contributed by atoms with E-state index in [0.29, 0.717) is 5.88 Å². The Hall–Kier alpha value is -2.10. The van der Waals surface area contributed by atoms with Crippen LogP contribution in [0.1, 0.15) is 57.4 Å². The van der Waals surface area contributed by atoms with E-state index >= 15 is 0 Å². The maximum atomic E-state index is 5.72. The lowest BCUT2D eigenvalue weighted by Gasteiger charge is -2.27. The van der Waals surface area contributed by atoms with Crippen molar-refractivity contribution in [1.29, 1.82) is 0 Å². The van der Waals surface area contributed by atoms with Crippen LogP contribution >= 0.6 is 0 Å². The zero-order valence-electron chi connectivity index (χ0n) is 17.2. The minimum Gasteiger partial charge on any atom is -0.479 e. The van der Waals surface area contributed by atoms with Crippen LogP contribution in [0.3, 0.4) is 0 Å². The number of hydrogen-bond donors (Lipinski definition) is 0. The summed E-state index contributed by atoms with van der Waals surface area (Å²) in [5.41, 5.74) is 5.77. The fourth-order valence-electron chi connectivity index (χ4n) is 3.56. The highest BCUT2D eigenvalue weighted by atomic mass is 16.5. The van der Waals surface area contributed by atoms with Gasteiger partial charge in [-0.1, -0.05) is 45.9 Å². The maximum Gasteiger partial charge on any atom is 0.241 e. The van der Waals surface area contributed by atoms with Gasteiger partial charge in [-0.25, -0.2) is 4.98 Å². The van der Waals surface area contributed by atoms with E-state index in [1.54, 1.807) is 7.11 Å². The second-order valence-corrected chi connectivity index (χ2v) is 6.64. The Kier molecular flexibility index (Phi) is 7.43. The van der Waals surface area contributed by atoms with Gasteiger partial charge in [-0.05, 0) is 43.7 Å². The number of nitrogens with zero attached hydrogens (tertiary/aromatic N) is 3. The SMILES string of the molecule is CCCN(CCC)c1c(C)nc(-c2c(CC)cccc2CC)nc1OC. The van der Waals surface area contributed by atoms with Crippen molar-refractivity contribution in [3.8, 4) is 17.3 Å². The van der Waals surface area contributed by atoms with Crippen LogP contribution < -0.4 is 9.64 Å². The number of rotatable bonds is 9. The normalized spacial score (nSPS) is 10.8. The van der Waals surface area contributed by atoms with E-state index in [-0.39, 0.29) is 0 Å². The first-order valence-electron chi connectivity index (χ1n) is 9.89. The molecule has 0 spiro atoms. The average Bonchev–Trinajstić information content (AvgIpc) is 2.66. The van der Waals surface area contributed by atoms with Crippen LogP contribution in [0.5, 0.6) is 5.88 Å². The molecule has 0 unspecified atom stereocenters. The van der Waals surface area contributed by atoms with E-state index in [1.807, 2.05) is 0 Å². The Morgan fingerprint density at radius 1 is 0.923 bits per heavy atom. The first-order valence-corrected chi connectivity index (χ1v) is 9.89. The van der Waals surface area contributed by atoms with E-state index in [1.165, 1.54) is 16.7 Å². The minimum atomic E-state index is 0.683. The third kappa shape index (κ3) is 4.17. The summed E-state index contributed by atoms with van der Waals surface area (Å²) in [4.78, 5) is 12.1. The molecular formula is C22H33N3O. The van der Waals surface area contributed by atoms with Gasteiger partial charge in [-0.15, -0.1) is 0 Å². The predicted octanol–water partition coefficient (Wildman–Crippen LogP) is 5.21. The smallest absolute Gasteiger partial charge is 0.241 e. The molecule has 0 aliphatic carbocycles. The van der Waals surface area contributed by atoms with Gasteiger partial charge >= 0.3 is 0 Å². The van der Waals surface area contributed by atoms with Crippen molar-refractivity contribution in [3.05, 3.63) is 35.0 Å². The Labute approximate surface area is 158 Å². The Bertz CT molecular complexity index is 699. The fourth-order valence-corrected chi connectivity index (χ4v) is 3.56. The molecule has 1 aromatic heterocycles. The van der Waals surface area contributed by atoms with E-state index in [0.717, 1.165) is 56.0 Å². The fraction of sp³-hybridized carbons (Fsp3) is 0.545. The first-order chi connectivity index (χ1) is 12.6. The molecule has 0 amide bonds. The standard InChI is InChI=1S/C22H33N3O/c1-7-14-25(15-8-2)20-16(5)23-21(24-22(20)26-6)19-17(9-3)12-11-13-18(19)10-4/h11-13H,7-10,14-15H2,1-6H3. The molecule has 0 N–H and O–H groups in total. The van der Waals surface area contributed by atoms with E-state index in [9.17, 15) is 0 Å². The van der Waals surface area contributed by atoms with Gasteiger partial charge in [0.25, 0.3) is 0 Å². The summed E-state index contributed by atoms with van der Waals surface area (Å²) in [5.74, 6) is 1.47. The van der Waals surface area contributed by atoms with Gasteiger partial charge in [0.2, 0.25) is 5.88 Å². The topological polar surface area (TPSA) is 38.2 Å². The highest BCUT2D eigenvalue weighted by Crippen LogP contribution is 2.34. The molecule has 2 rings (SSSR count).